The number of rotatable bonds is 2. The van der Waals surface area contributed by atoms with Crippen molar-refractivity contribution >= 4 is 11.6 Å². The molecule has 0 spiro atoms. The Labute approximate surface area is 120 Å². The topological polar surface area (TPSA) is 41.6 Å². The number of carbonyl (C=O) groups excluding carboxylic acids is 1. The molecular weight excluding hydrogens is 252 g/mol. The molecule has 2 aliphatic rings. The lowest BCUT2D eigenvalue weighted by molar-refractivity contribution is 0.0362. The van der Waals surface area contributed by atoms with E-state index in [0.717, 1.165) is 51.0 Å². The van der Waals surface area contributed by atoms with Gasteiger partial charge in [0, 0.05) is 44.1 Å². The Kier molecular flexibility index (Phi) is 3.92. The molecule has 1 aromatic rings. The van der Waals surface area contributed by atoms with Gasteiger partial charge in [-0.25, -0.2) is 0 Å². The number of fused-ring (bicyclic) bond motifs is 1. The second kappa shape index (κ2) is 5.83. The zero-order chi connectivity index (χ0) is 13.9. The average molecular weight is 274 g/mol. The SMILES string of the molecule is CN(C(=O)c1ccc2c(c1)CCCN2)C1CCOCC1. The Morgan fingerprint density at radius 2 is 2.15 bits per heavy atom. The van der Waals surface area contributed by atoms with Crippen LogP contribution in [0.1, 0.15) is 35.2 Å². The number of benzene rings is 1. The first kappa shape index (κ1) is 13.4. The first-order valence-electron chi connectivity index (χ1n) is 7.47. The molecule has 1 N–H and O–H groups in total. The van der Waals surface area contributed by atoms with Crippen LogP contribution in [0.25, 0.3) is 0 Å². The number of nitrogens with zero attached hydrogens (tertiary/aromatic N) is 1. The number of amides is 1. The summed E-state index contributed by atoms with van der Waals surface area (Å²) in [5.74, 6) is 0.130. The molecule has 20 heavy (non-hydrogen) atoms. The van der Waals surface area contributed by atoms with Gasteiger partial charge in [0.2, 0.25) is 0 Å². The van der Waals surface area contributed by atoms with Gasteiger partial charge >= 0.3 is 0 Å². The number of ether oxygens (including phenoxy) is 1. The van der Waals surface area contributed by atoms with Crippen LogP contribution in [0, 0.1) is 0 Å². The third-order valence-electron chi connectivity index (χ3n) is 4.35. The van der Waals surface area contributed by atoms with Gasteiger partial charge in [-0.15, -0.1) is 0 Å². The summed E-state index contributed by atoms with van der Waals surface area (Å²) in [5.41, 5.74) is 3.26. The Balaban J connectivity index is 1.75. The normalized spacial score (nSPS) is 19.1. The smallest absolute Gasteiger partial charge is 0.253 e. The van der Waals surface area contributed by atoms with E-state index in [9.17, 15) is 4.79 Å². The highest BCUT2D eigenvalue weighted by molar-refractivity contribution is 5.95. The quantitative estimate of drug-likeness (QED) is 0.899. The molecule has 3 rings (SSSR count). The molecular formula is C16H22N2O2. The van der Waals surface area contributed by atoms with E-state index in [1.165, 1.54) is 11.3 Å². The van der Waals surface area contributed by atoms with Crippen LogP contribution in [0.4, 0.5) is 5.69 Å². The van der Waals surface area contributed by atoms with E-state index in [1.807, 2.05) is 24.1 Å². The van der Waals surface area contributed by atoms with Gasteiger partial charge in [0.25, 0.3) is 5.91 Å². The van der Waals surface area contributed by atoms with Crippen molar-refractivity contribution in [1.82, 2.24) is 4.90 Å². The van der Waals surface area contributed by atoms with Crippen molar-refractivity contribution in [2.75, 3.05) is 32.1 Å². The Morgan fingerprint density at radius 1 is 1.35 bits per heavy atom. The van der Waals surface area contributed by atoms with Crippen LogP contribution in [-0.4, -0.2) is 43.7 Å². The van der Waals surface area contributed by atoms with E-state index in [1.54, 1.807) is 0 Å². The summed E-state index contributed by atoms with van der Waals surface area (Å²) in [4.78, 5) is 14.5. The highest BCUT2D eigenvalue weighted by atomic mass is 16.5. The maximum atomic E-state index is 12.6. The molecule has 0 aromatic heterocycles. The van der Waals surface area contributed by atoms with Crippen LogP contribution in [-0.2, 0) is 11.2 Å². The summed E-state index contributed by atoms with van der Waals surface area (Å²) in [6.07, 6.45) is 4.08. The van der Waals surface area contributed by atoms with Gasteiger partial charge < -0.3 is 15.0 Å². The van der Waals surface area contributed by atoms with Crippen molar-refractivity contribution < 1.29 is 9.53 Å². The van der Waals surface area contributed by atoms with Crippen molar-refractivity contribution in [3.8, 4) is 0 Å². The summed E-state index contributed by atoms with van der Waals surface area (Å²) < 4.78 is 5.36. The average Bonchev–Trinajstić information content (AvgIpc) is 2.54. The fraction of sp³-hybridized carbons (Fsp3) is 0.562. The summed E-state index contributed by atoms with van der Waals surface area (Å²) in [6.45, 7) is 2.55. The Hall–Kier alpha value is -1.55. The minimum absolute atomic E-state index is 0.130. The van der Waals surface area contributed by atoms with Gasteiger partial charge in [0.15, 0.2) is 0 Å². The lowest BCUT2D eigenvalue weighted by Gasteiger charge is -2.31. The molecule has 4 heteroatoms. The number of anilines is 1. The molecule has 0 radical (unpaired) electrons. The van der Waals surface area contributed by atoms with Crippen molar-refractivity contribution in [2.24, 2.45) is 0 Å². The largest absolute Gasteiger partial charge is 0.385 e. The predicted molar refractivity (Wildman–Crippen MR) is 79.2 cm³/mol. The van der Waals surface area contributed by atoms with Crippen LogP contribution < -0.4 is 5.32 Å². The zero-order valence-electron chi connectivity index (χ0n) is 12.0. The van der Waals surface area contributed by atoms with Crippen molar-refractivity contribution in [3.05, 3.63) is 29.3 Å². The molecule has 0 unspecified atom stereocenters. The maximum absolute atomic E-state index is 12.6. The van der Waals surface area contributed by atoms with E-state index in [0.29, 0.717) is 6.04 Å². The number of hydrogen-bond donors (Lipinski definition) is 1. The lowest BCUT2D eigenvalue weighted by atomic mass is 9.99. The monoisotopic (exact) mass is 274 g/mol. The van der Waals surface area contributed by atoms with Crippen LogP contribution in [0.15, 0.2) is 18.2 Å². The van der Waals surface area contributed by atoms with E-state index in [4.69, 9.17) is 4.74 Å². The zero-order valence-corrected chi connectivity index (χ0v) is 12.0. The molecule has 1 amide bonds. The first-order chi connectivity index (χ1) is 9.75. The Bertz CT molecular complexity index is 495. The van der Waals surface area contributed by atoms with Crippen LogP contribution in [0.3, 0.4) is 0 Å². The van der Waals surface area contributed by atoms with Gasteiger partial charge in [-0.1, -0.05) is 0 Å². The highest BCUT2D eigenvalue weighted by Gasteiger charge is 2.24. The Morgan fingerprint density at radius 3 is 2.95 bits per heavy atom. The molecule has 2 heterocycles. The third-order valence-corrected chi connectivity index (χ3v) is 4.35. The molecule has 0 saturated carbocycles. The number of aryl methyl sites for hydroxylation is 1. The molecule has 0 aliphatic carbocycles. The van der Waals surface area contributed by atoms with Crippen LogP contribution in [0.2, 0.25) is 0 Å². The fourth-order valence-corrected chi connectivity index (χ4v) is 3.05. The van der Waals surface area contributed by atoms with Crippen molar-refractivity contribution in [1.29, 1.82) is 0 Å². The minimum atomic E-state index is 0.130. The van der Waals surface area contributed by atoms with Gasteiger partial charge in [-0.3, -0.25) is 4.79 Å². The highest BCUT2D eigenvalue weighted by Crippen LogP contribution is 2.24. The van der Waals surface area contributed by atoms with E-state index >= 15 is 0 Å². The van der Waals surface area contributed by atoms with Gasteiger partial charge in [-0.05, 0) is 49.4 Å². The second-order valence-corrected chi connectivity index (χ2v) is 5.66. The van der Waals surface area contributed by atoms with E-state index in [-0.39, 0.29) is 5.91 Å². The third kappa shape index (κ3) is 2.66. The fourth-order valence-electron chi connectivity index (χ4n) is 3.05. The molecule has 4 nitrogen and oxygen atoms in total. The molecule has 1 aromatic carbocycles. The van der Waals surface area contributed by atoms with Crippen molar-refractivity contribution in [3.63, 3.8) is 0 Å². The minimum Gasteiger partial charge on any atom is -0.385 e. The van der Waals surface area contributed by atoms with Gasteiger partial charge in [-0.2, -0.15) is 0 Å². The second-order valence-electron chi connectivity index (χ2n) is 5.66. The number of hydrogen-bond acceptors (Lipinski definition) is 3. The van der Waals surface area contributed by atoms with E-state index in [2.05, 4.69) is 11.4 Å². The molecule has 108 valence electrons. The predicted octanol–water partition coefficient (Wildman–Crippen LogP) is 2.30. The standard InChI is InChI=1S/C16H22N2O2/c1-18(14-6-9-20-10-7-14)16(19)13-4-5-15-12(11-13)3-2-8-17-15/h4-5,11,14,17H,2-3,6-10H2,1H3. The van der Waals surface area contributed by atoms with Crippen LogP contribution in [0.5, 0.6) is 0 Å². The molecule has 2 aliphatic heterocycles. The van der Waals surface area contributed by atoms with Crippen LogP contribution >= 0.6 is 0 Å². The number of carbonyl (C=O) groups is 1. The molecule has 1 fully saturated rings. The molecule has 0 bridgehead atoms. The molecule has 1 saturated heterocycles. The molecule has 0 atom stereocenters. The summed E-state index contributed by atoms with van der Waals surface area (Å²) in [7, 11) is 1.91. The van der Waals surface area contributed by atoms with Gasteiger partial charge in [0.1, 0.15) is 0 Å². The van der Waals surface area contributed by atoms with Crippen molar-refractivity contribution in [2.45, 2.75) is 31.7 Å². The van der Waals surface area contributed by atoms with Gasteiger partial charge in [0.05, 0.1) is 0 Å². The summed E-state index contributed by atoms with van der Waals surface area (Å²) in [6, 6.07) is 6.35. The lowest BCUT2D eigenvalue weighted by Crippen LogP contribution is -2.40. The van der Waals surface area contributed by atoms with E-state index < -0.39 is 0 Å². The first-order valence-corrected chi connectivity index (χ1v) is 7.47. The summed E-state index contributed by atoms with van der Waals surface area (Å²) in [5, 5.41) is 3.38. The maximum Gasteiger partial charge on any atom is 0.253 e. The number of nitrogens with one attached hydrogen (secondary N) is 1. The summed E-state index contributed by atoms with van der Waals surface area (Å²) >= 11 is 0.